The Morgan fingerprint density at radius 1 is 1.25 bits per heavy atom. The van der Waals surface area contributed by atoms with Gasteiger partial charge in [0.1, 0.15) is 5.75 Å². The van der Waals surface area contributed by atoms with Crippen LogP contribution in [-0.4, -0.2) is 24.4 Å². The minimum atomic E-state index is -0.541. The fraction of sp³-hybridized carbons (Fsp3) is 0.417. The van der Waals surface area contributed by atoms with E-state index in [9.17, 15) is 4.79 Å². The van der Waals surface area contributed by atoms with E-state index in [1.165, 1.54) is 5.56 Å². The lowest BCUT2D eigenvalue weighted by atomic mass is 10.1. The van der Waals surface area contributed by atoms with E-state index in [0.717, 1.165) is 11.1 Å². The summed E-state index contributed by atoms with van der Waals surface area (Å²) in [7, 11) is 0. The van der Waals surface area contributed by atoms with Gasteiger partial charge in [-0.05, 0) is 43.5 Å². The van der Waals surface area contributed by atoms with Gasteiger partial charge in [0, 0.05) is 6.54 Å². The van der Waals surface area contributed by atoms with Crippen molar-refractivity contribution in [1.82, 2.24) is 5.32 Å². The molecule has 0 spiro atoms. The van der Waals surface area contributed by atoms with Crippen molar-refractivity contribution in [3.8, 4) is 5.75 Å². The zero-order valence-electron chi connectivity index (χ0n) is 9.83. The third kappa shape index (κ3) is 3.24. The van der Waals surface area contributed by atoms with Crippen LogP contribution in [0.5, 0.6) is 5.75 Å². The first-order valence-electron chi connectivity index (χ1n) is 5.19. The van der Waals surface area contributed by atoms with E-state index in [1.54, 1.807) is 0 Å². The Balaban J connectivity index is 2.73. The second kappa shape index (κ2) is 5.51. The van der Waals surface area contributed by atoms with Gasteiger partial charge < -0.3 is 15.2 Å². The van der Waals surface area contributed by atoms with Crippen molar-refractivity contribution < 1.29 is 14.6 Å². The van der Waals surface area contributed by atoms with E-state index in [-0.39, 0.29) is 13.2 Å². The highest BCUT2D eigenvalue weighted by atomic mass is 16.6. The molecular weight excluding hydrogens is 206 g/mol. The predicted molar refractivity (Wildman–Crippen MR) is 61.8 cm³/mol. The molecule has 0 unspecified atom stereocenters. The number of aryl methyl sites for hydroxylation is 3. The summed E-state index contributed by atoms with van der Waals surface area (Å²) in [6, 6.07) is 3.81. The first-order chi connectivity index (χ1) is 7.54. The number of amides is 1. The molecule has 0 aliphatic carbocycles. The SMILES string of the molecule is Cc1cc(C)c(OC(=O)NCCO)cc1C. The van der Waals surface area contributed by atoms with Crippen molar-refractivity contribution in [2.45, 2.75) is 20.8 Å². The molecule has 4 heteroatoms. The normalized spacial score (nSPS) is 10.0. The number of carbonyl (C=O) groups is 1. The molecule has 16 heavy (non-hydrogen) atoms. The van der Waals surface area contributed by atoms with Gasteiger partial charge in [0.05, 0.1) is 6.61 Å². The maximum atomic E-state index is 11.3. The first kappa shape index (κ1) is 12.5. The zero-order chi connectivity index (χ0) is 12.1. The number of ether oxygens (including phenoxy) is 1. The third-order valence-corrected chi connectivity index (χ3v) is 2.38. The Morgan fingerprint density at radius 3 is 2.50 bits per heavy atom. The van der Waals surface area contributed by atoms with Gasteiger partial charge in [-0.3, -0.25) is 0 Å². The van der Waals surface area contributed by atoms with Crippen LogP contribution in [0.25, 0.3) is 0 Å². The average Bonchev–Trinajstić information content (AvgIpc) is 2.23. The lowest BCUT2D eigenvalue weighted by Gasteiger charge is -2.10. The van der Waals surface area contributed by atoms with Crippen molar-refractivity contribution in [1.29, 1.82) is 0 Å². The number of aliphatic hydroxyl groups excluding tert-OH is 1. The lowest BCUT2D eigenvalue weighted by Crippen LogP contribution is -2.29. The van der Waals surface area contributed by atoms with E-state index in [1.807, 2.05) is 32.9 Å². The number of carbonyl (C=O) groups excluding carboxylic acids is 1. The summed E-state index contributed by atoms with van der Waals surface area (Å²) in [5.41, 5.74) is 3.17. The zero-order valence-corrected chi connectivity index (χ0v) is 9.83. The molecule has 0 saturated carbocycles. The van der Waals surface area contributed by atoms with Gasteiger partial charge in [-0.2, -0.15) is 0 Å². The summed E-state index contributed by atoms with van der Waals surface area (Å²) in [4.78, 5) is 11.3. The largest absolute Gasteiger partial charge is 0.412 e. The minimum absolute atomic E-state index is 0.0962. The van der Waals surface area contributed by atoms with Gasteiger partial charge in [0.25, 0.3) is 0 Å². The maximum absolute atomic E-state index is 11.3. The summed E-state index contributed by atoms with van der Waals surface area (Å²) in [5, 5.41) is 11.0. The second-order valence-corrected chi connectivity index (χ2v) is 3.74. The molecule has 4 nitrogen and oxygen atoms in total. The lowest BCUT2D eigenvalue weighted by molar-refractivity contribution is 0.195. The molecule has 0 aromatic heterocycles. The minimum Gasteiger partial charge on any atom is -0.410 e. The van der Waals surface area contributed by atoms with Gasteiger partial charge in [0.2, 0.25) is 0 Å². The third-order valence-electron chi connectivity index (χ3n) is 2.38. The molecule has 2 N–H and O–H groups in total. The van der Waals surface area contributed by atoms with Crippen molar-refractivity contribution >= 4 is 6.09 Å². The van der Waals surface area contributed by atoms with Crippen LogP contribution in [0.15, 0.2) is 12.1 Å². The number of nitrogens with one attached hydrogen (secondary N) is 1. The first-order valence-corrected chi connectivity index (χ1v) is 5.19. The van der Waals surface area contributed by atoms with Gasteiger partial charge in [-0.15, -0.1) is 0 Å². The Kier molecular flexibility index (Phi) is 4.31. The number of hydrogen-bond donors (Lipinski definition) is 2. The summed E-state index contributed by atoms with van der Waals surface area (Å²) >= 11 is 0. The monoisotopic (exact) mass is 223 g/mol. The molecule has 1 aromatic rings. The van der Waals surface area contributed by atoms with Gasteiger partial charge in [0.15, 0.2) is 0 Å². The Bertz CT molecular complexity index is 388. The van der Waals surface area contributed by atoms with Crippen LogP contribution in [0.1, 0.15) is 16.7 Å². The van der Waals surface area contributed by atoms with Crippen LogP contribution in [0.3, 0.4) is 0 Å². The van der Waals surface area contributed by atoms with Crippen LogP contribution in [0.4, 0.5) is 4.79 Å². The summed E-state index contributed by atoms with van der Waals surface area (Å²) < 4.78 is 5.12. The van der Waals surface area contributed by atoms with Crippen molar-refractivity contribution in [3.05, 3.63) is 28.8 Å². The fourth-order valence-electron chi connectivity index (χ4n) is 1.34. The summed E-state index contributed by atoms with van der Waals surface area (Å²) in [6.45, 7) is 5.97. The van der Waals surface area contributed by atoms with E-state index in [0.29, 0.717) is 5.75 Å². The van der Waals surface area contributed by atoms with Crippen LogP contribution in [0.2, 0.25) is 0 Å². The molecule has 0 fully saturated rings. The van der Waals surface area contributed by atoms with E-state index in [2.05, 4.69) is 5.32 Å². The van der Waals surface area contributed by atoms with Crippen LogP contribution in [0, 0.1) is 20.8 Å². The molecule has 0 aliphatic rings. The van der Waals surface area contributed by atoms with Crippen LogP contribution < -0.4 is 10.1 Å². The van der Waals surface area contributed by atoms with Gasteiger partial charge >= 0.3 is 6.09 Å². The molecule has 1 aromatic carbocycles. The highest BCUT2D eigenvalue weighted by Crippen LogP contribution is 2.22. The molecule has 0 heterocycles. The molecule has 1 rings (SSSR count). The number of hydrogen-bond acceptors (Lipinski definition) is 3. The van der Waals surface area contributed by atoms with E-state index >= 15 is 0 Å². The van der Waals surface area contributed by atoms with Crippen LogP contribution >= 0.6 is 0 Å². The van der Waals surface area contributed by atoms with Gasteiger partial charge in [-0.1, -0.05) is 6.07 Å². The number of aliphatic hydroxyl groups is 1. The highest BCUT2D eigenvalue weighted by molar-refractivity contribution is 5.71. The Morgan fingerprint density at radius 2 is 1.88 bits per heavy atom. The fourth-order valence-corrected chi connectivity index (χ4v) is 1.34. The molecule has 0 aliphatic heterocycles. The molecule has 0 atom stereocenters. The van der Waals surface area contributed by atoms with Crippen molar-refractivity contribution in [3.63, 3.8) is 0 Å². The number of rotatable bonds is 3. The summed E-state index contributed by atoms with van der Waals surface area (Å²) in [6.07, 6.45) is -0.541. The summed E-state index contributed by atoms with van der Waals surface area (Å²) in [5.74, 6) is 0.554. The molecule has 0 radical (unpaired) electrons. The topological polar surface area (TPSA) is 58.6 Å². The second-order valence-electron chi connectivity index (χ2n) is 3.74. The van der Waals surface area contributed by atoms with Gasteiger partial charge in [-0.25, -0.2) is 4.79 Å². The highest BCUT2D eigenvalue weighted by Gasteiger charge is 2.07. The van der Waals surface area contributed by atoms with Crippen LogP contribution in [-0.2, 0) is 0 Å². The van der Waals surface area contributed by atoms with E-state index in [4.69, 9.17) is 9.84 Å². The molecule has 0 bridgehead atoms. The molecule has 1 amide bonds. The van der Waals surface area contributed by atoms with E-state index < -0.39 is 6.09 Å². The quantitative estimate of drug-likeness (QED) is 0.819. The molecule has 88 valence electrons. The molecular formula is C12H17NO3. The predicted octanol–water partition coefficient (Wildman–Crippen LogP) is 1.69. The molecule has 0 saturated heterocycles. The standard InChI is InChI=1S/C12H17NO3/c1-8-6-10(3)11(7-9(8)2)16-12(15)13-4-5-14/h6-7,14H,4-5H2,1-3H3,(H,13,15). The average molecular weight is 223 g/mol. The van der Waals surface area contributed by atoms with Crippen molar-refractivity contribution in [2.24, 2.45) is 0 Å². The Labute approximate surface area is 95.2 Å². The van der Waals surface area contributed by atoms with Crippen molar-refractivity contribution in [2.75, 3.05) is 13.2 Å². The Hall–Kier alpha value is -1.55. The number of benzene rings is 1. The maximum Gasteiger partial charge on any atom is 0.412 e. The smallest absolute Gasteiger partial charge is 0.410 e.